The van der Waals surface area contributed by atoms with Crippen LogP contribution in [0.1, 0.15) is 29.4 Å². The van der Waals surface area contributed by atoms with Crippen LogP contribution in [0.15, 0.2) is 48.7 Å². The molecule has 0 aliphatic rings. The summed E-state index contributed by atoms with van der Waals surface area (Å²) in [5, 5.41) is 2.77. The predicted molar refractivity (Wildman–Crippen MR) is 96.5 cm³/mol. The second-order valence-corrected chi connectivity index (χ2v) is 5.56. The Morgan fingerprint density at radius 1 is 1.15 bits per heavy atom. The maximum Gasteiger partial charge on any atom is 0.337 e. The maximum atomic E-state index is 12.0. The Kier molecular flexibility index (Phi) is 6.84. The summed E-state index contributed by atoms with van der Waals surface area (Å²) in [7, 11) is 1.30. The molecule has 1 aromatic carbocycles. The van der Waals surface area contributed by atoms with Crippen LogP contribution in [0.2, 0.25) is 0 Å². The molecule has 0 atom stereocenters. The second-order valence-electron chi connectivity index (χ2n) is 5.56. The fourth-order valence-corrected chi connectivity index (χ4v) is 2.38. The number of carbonyl (C=O) groups excluding carboxylic acids is 3. The zero-order valence-corrected chi connectivity index (χ0v) is 14.8. The number of anilines is 1. The van der Waals surface area contributed by atoms with Gasteiger partial charge in [0.15, 0.2) is 0 Å². The second kappa shape index (κ2) is 9.31. The van der Waals surface area contributed by atoms with Gasteiger partial charge in [0.05, 0.1) is 24.9 Å². The van der Waals surface area contributed by atoms with Crippen LogP contribution >= 0.6 is 0 Å². The summed E-state index contributed by atoms with van der Waals surface area (Å²) in [5.41, 5.74) is 1.64. The standard InChI is InChI=1S/C19H21N3O4/c1-14(23)22(17-8-5-6-15(12-17)19(25)26-2)11-9-18(24)21-13-16-7-3-4-10-20-16/h3-8,10,12H,9,11,13H2,1-2H3,(H,21,24). The highest BCUT2D eigenvalue weighted by atomic mass is 16.5. The van der Waals surface area contributed by atoms with Crippen LogP contribution in [0.5, 0.6) is 0 Å². The first-order chi connectivity index (χ1) is 12.5. The van der Waals surface area contributed by atoms with Crippen molar-refractivity contribution in [3.8, 4) is 0 Å². The molecular weight excluding hydrogens is 334 g/mol. The molecule has 0 fully saturated rings. The number of methoxy groups -OCH3 is 1. The Morgan fingerprint density at radius 3 is 2.62 bits per heavy atom. The fourth-order valence-electron chi connectivity index (χ4n) is 2.38. The van der Waals surface area contributed by atoms with E-state index in [-0.39, 0.29) is 24.8 Å². The van der Waals surface area contributed by atoms with Crippen molar-refractivity contribution in [1.82, 2.24) is 10.3 Å². The highest BCUT2D eigenvalue weighted by Crippen LogP contribution is 2.17. The van der Waals surface area contributed by atoms with Crippen molar-refractivity contribution in [3.63, 3.8) is 0 Å². The van der Waals surface area contributed by atoms with Gasteiger partial charge in [0.25, 0.3) is 0 Å². The first-order valence-electron chi connectivity index (χ1n) is 8.14. The average Bonchev–Trinajstić information content (AvgIpc) is 2.66. The molecular formula is C19H21N3O4. The molecule has 136 valence electrons. The van der Waals surface area contributed by atoms with E-state index in [1.165, 1.54) is 18.9 Å². The largest absolute Gasteiger partial charge is 0.465 e. The van der Waals surface area contributed by atoms with Crippen molar-refractivity contribution in [3.05, 3.63) is 59.9 Å². The minimum atomic E-state index is -0.483. The minimum Gasteiger partial charge on any atom is -0.465 e. The lowest BCUT2D eigenvalue weighted by atomic mass is 10.2. The molecule has 2 amide bonds. The summed E-state index contributed by atoms with van der Waals surface area (Å²) >= 11 is 0. The smallest absolute Gasteiger partial charge is 0.337 e. The van der Waals surface area contributed by atoms with Crippen molar-refractivity contribution < 1.29 is 19.1 Å². The molecule has 7 nitrogen and oxygen atoms in total. The molecule has 0 aliphatic heterocycles. The Bertz CT molecular complexity index is 777. The number of carbonyl (C=O) groups is 3. The zero-order chi connectivity index (χ0) is 18.9. The molecule has 0 saturated carbocycles. The molecule has 26 heavy (non-hydrogen) atoms. The molecule has 0 bridgehead atoms. The molecule has 2 rings (SSSR count). The number of hydrogen-bond donors (Lipinski definition) is 1. The highest BCUT2D eigenvalue weighted by Gasteiger charge is 2.15. The van der Waals surface area contributed by atoms with E-state index >= 15 is 0 Å². The van der Waals surface area contributed by atoms with Crippen molar-refractivity contribution >= 4 is 23.5 Å². The lowest BCUT2D eigenvalue weighted by molar-refractivity contribution is -0.121. The topological polar surface area (TPSA) is 88.6 Å². The fraction of sp³-hybridized carbons (Fsp3) is 0.263. The third-order valence-corrected chi connectivity index (χ3v) is 3.71. The Balaban J connectivity index is 1.97. The van der Waals surface area contributed by atoms with E-state index < -0.39 is 5.97 Å². The Morgan fingerprint density at radius 2 is 1.96 bits per heavy atom. The molecule has 0 radical (unpaired) electrons. The van der Waals surface area contributed by atoms with Gasteiger partial charge in [0, 0.05) is 31.8 Å². The van der Waals surface area contributed by atoms with Crippen LogP contribution in [-0.4, -0.2) is 36.4 Å². The van der Waals surface area contributed by atoms with Crippen LogP contribution in [0.25, 0.3) is 0 Å². The van der Waals surface area contributed by atoms with Gasteiger partial charge in [-0.3, -0.25) is 14.6 Å². The van der Waals surface area contributed by atoms with Gasteiger partial charge in [-0.2, -0.15) is 0 Å². The SMILES string of the molecule is COC(=O)c1cccc(N(CCC(=O)NCc2ccccn2)C(C)=O)c1. The number of aromatic nitrogens is 1. The summed E-state index contributed by atoms with van der Waals surface area (Å²) in [5.74, 6) is -0.890. The van der Waals surface area contributed by atoms with E-state index in [0.29, 0.717) is 17.8 Å². The van der Waals surface area contributed by atoms with Gasteiger partial charge in [-0.15, -0.1) is 0 Å². The first kappa shape index (κ1) is 19.1. The van der Waals surface area contributed by atoms with E-state index in [0.717, 1.165) is 5.69 Å². The van der Waals surface area contributed by atoms with Gasteiger partial charge in [-0.1, -0.05) is 12.1 Å². The van der Waals surface area contributed by atoms with Crippen molar-refractivity contribution in [2.24, 2.45) is 0 Å². The van der Waals surface area contributed by atoms with E-state index in [4.69, 9.17) is 4.74 Å². The van der Waals surface area contributed by atoms with Crippen LogP contribution < -0.4 is 10.2 Å². The van der Waals surface area contributed by atoms with Gasteiger partial charge in [-0.05, 0) is 30.3 Å². The van der Waals surface area contributed by atoms with Crippen molar-refractivity contribution in [1.29, 1.82) is 0 Å². The Hall–Kier alpha value is -3.22. The monoisotopic (exact) mass is 355 g/mol. The maximum absolute atomic E-state index is 12.0. The zero-order valence-electron chi connectivity index (χ0n) is 14.8. The normalized spacial score (nSPS) is 10.1. The lowest BCUT2D eigenvalue weighted by Crippen LogP contribution is -2.34. The summed E-state index contributed by atoms with van der Waals surface area (Å²) in [6, 6.07) is 12.0. The third-order valence-electron chi connectivity index (χ3n) is 3.71. The molecule has 0 spiro atoms. The number of nitrogens with one attached hydrogen (secondary N) is 1. The number of rotatable bonds is 7. The molecule has 2 aromatic rings. The summed E-state index contributed by atoms with van der Waals surface area (Å²) in [4.78, 5) is 41.2. The van der Waals surface area contributed by atoms with Crippen LogP contribution in [-0.2, 0) is 20.9 Å². The minimum absolute atomic E-state index is 0.134. The third kappa shape index (κ3) is 5.41. The molecule has 0 saturated heterocycles. The molecule has 0 unspecified atom stereocenters. The summed E-state index contributed by atoms with van der Waals surface area (Å²) in [6.07, 6.45) is 1.79. The van der Waals surface area contributed by atoms with E-state index in [1.807, 2.05) is 12.1 Å². The van der Waals surface area contributed by atoms with Crippen LogP contribution in [0.4, 0.5) is 5.69 Å². The number of amides is 2. The molecule has 0 aliphatic carbocycles. The number of hydrogen-bond acceptors (Lipinski definition) is 5. The first-order valence-corrected chi connectivity index (χ1v) is 8.14. The van der Waals surface area contributed by atoms with Crippen molar-refractivity contribution in [2.75, 3.05) is 18.6 Å². The number of pyridine rings is 1. The summed E-state index contributed by atoms with van der Waals surface area (Å²) in [6.45, 7) is 1.95. The molecule has 1 aromatic heterocycles. The van der Waals surface area contributed by atoms with Gasteiger partial charge in [0.2, 0.25) is 11.8 Å². The Labute approximate surface area is 152 Å². The molecule has 1 N–H and O–H groups in total. The van der Waals surface area contributed by atoms with Crippen LogP contribution in [0.3, 0.4) is 0 Å². The van der Waals surface area contributed by atoms with Crippen molar-refractivity contribution in [2.45, 2.75) is 19.9 Å². The van der Waals surface area contributed by atoms with E-state index in [2.05, 4.69) is 10.3 Å². The molecule has 1 heterocycles. The van der Waals surface area contributed by atoms with E-state index in [9.17, 15) is 14.4 Å². The van der Waals surface area contributed by atoms with Gasteiger partial charge < -0.3 is 15.0 Å². The van der Waals surface area contributed by atoms with Gasteiger partial charge in [0.1, 0.15) is 0 Å². The highest BCUT2D eigenvalue weighted by molar-refractivity contribution is 5.95. The van der Waals surface area contributed by atoms with Crippen LogP contribution in [0, 0.1) is 0 Å². The number of esters is 1. The quantitative estimate of drug-likeness (QED) is 0.767. The number of benzene rings is 1. The lowest BCUT2D eigenvalue weighted by Gasteiger charge is -2.21. The number of ether oxygens (including phenoxy) is 1. The van der Waals surface area contributed by atoms with Gasteiger partial charge in [-0.25, -0.2) is 4.79 Å². The van der Waals surface area contributed by atoms with Gasteiger partial charge >= 0.3 is 5.97 Å². The number of nitrogens with zero attached hydrogens (tertiary/aromatic N) is 2. The van der Waals surface area contributed by atoms with E-state index in [1.54, 1.807) is 36.5 Å². The predicted octanol–water partition coefficient (Wildman–Crippen LogP) is 1.93. The average molecular weight is 355 g/mol. The molecule has 7 heteroatoms. The summed E-state index contributed by atoms with van der Waals surface area (Å²) < 4.78 is 4.69.